The molecule has 2 aliphatic heterocycles. The van der Waals surface area contributed by atoms with Gasteiger partial charge in [0.15, 0.2) is 0 Å². The van der Waals surface area contributed by atoms with Crippen LogP contribution in [0.5, 0.6) is 0 Å². The summed E-state index contributed by atoms with van der Waals surface area (Å²) in [6.45, 7) is 8.01. The van der Waals surface area contributed by atoms with Gasteiger partial charge in [-0.1, -0.05) is 13.8 Å². The zero-order chi connectivity index (χ0) is 14.6. The van der Waals surface area contributed by atoms with Gasteiger partial charge in [0.1, 0.15) is 0 Å². The second kappa shape index (κ2) is 6.75. The van der Waals surface area contributed by atoms with E-state index in [1.54, 1.807) is 4.31 Å². The van der Waals surface area contributed by atoms with Crippen LogP contribution in [0.25, 0.3) is 0 Å². The molecule has 1 N–H and O–H groups in total. The normalized spacial score (nSPS) is 26.3. The van der Waals surface area contributed by atoms with E-state index >= 15 is 0 Å². The summed E-state index contributed by atoms with van der Waals surface area (Å²) in [6.07, 6.45) is 6.21. The van der Waals surface area contributed by atoms with Crippen LogP contribution in [0.3, 0.4) is 0 Å². The molecule has 0 unspecified atom stereocenters. The minimum Gasteiger partial charge on any atom is -0.317 e. The zero-order valence-corrected chi connectivity index (χ0v) is 13.8. The quantitative estimate of drug-likeness (QED) is 0.866. The van der Waals surface area contributed by atoms with Crippen molar-refractivity contribution in [1.82, 2.24) is 9.62 Å². The molecule has 0 saturated carbocycles. The molecule has 0 aliphatic carbocycles. The van der Waals surface area contributed by atoms with Gasteiger partial charge in [0.2, 0.25) is 10.0 Å². The number of piperidine rings is 1. The van der Waals surface area contributed by atoms with Crippen LogP contribution in [0.2, 0.25) is 0 Å². The summed E-state index contributed by atoms with van der Waals surface area (Å²) in [7, 11) is -3.04. The van der Waals surface area contributed by atoms with E-state index in [1.165, 1.54) is 0 Å². The summed E-state index contributed by atoms with van der Waals surface area (Å²) in [4.78, 5) is 0. The van der Waals surface area contributed by atoms with Gasteiger partial charge in [-0.05, 0) is 62.9 Å². The average molecular weight is 302 g/mol. The first kappa shape index (κ1) is 16.2. The van der Waals surface area contributed by atoms with Crippen molar-refractivity contribution in [2.75, 3.05) is 31.9 Å². The molecule has 2 aliphatic rings. The Morgan fingerprint density at radius 1 is 1.15 bits per heavy atom. The Kier molecular flexibility index (Phi) is 5.49. The first-order chi connectivity index (χ1) is 9.39. The van der Waals surface area contributed by atoms with Crippen LogP contribution in [0, 0.1) is 11.3 Å². The molecular formula is C15H30N2O2S. The predicted molar refractivity (Wildman–Crippen MR) is 83.2 cm³/mol. The lowest BCUT2D eigenvalue weighted by molar-refractivity contribution is 0.314. The summed E-state index contributed by atoms with van der Waals surface area (Å²) in [6, 6.07) is 0. The average Bonchev–Trinajstić information content (AvgIpc) is 2.59. The molecule has 0 atom stereocenters. The van der Waals surface area contributed by atoms with Crippen LogP contribution in [0.15, 0.2) is 0 Å². The first-order valence-corrected chi connectivity index (χ1v) is 9.69. The molecule has 0 aromatic heterocycles. The number of rotatable bonds is 4. The van der Waals surface area contributed by atoms with Crippen molar-refractivity contribution in [3.63, 3.8) is 0 Å². The third-order valence-corrected chi connectivity index (χ3v) is 6.84. The second-order valence-corrected chi connectivity index (χ2v) is 9.30. The van der Waals surface area contributed by atoms with Gasteiger partial charge in [0.05, 0.1) is 5.75 Å². The molecule has 118 valence electrons. The van der Waals surface area contributed by atoms with Crippen molar-refractivity contribution in [2.24, 2.45) is 11.3 Å². The highest BCUT2D eigenvalue weighted by atomic mass is 32.2. The van der Waals surface area contributed by atoms with Crippen molar-refractivity contribution in [2.45, 2.75) is 52.4 Å². The van der Waals surface area contributed by atoms with Gasteiger partial charge in [-0.25, -0.2) is 12.7 Å². The van der Waals surface area contributed by atoms with E-state index in [2.05, 4.69) is 19.2 Å². The minimum absolute atomic E-state index is 0.291. The first-order valence-electron chi connectivity index (χ1n) is 8.08. The number of hydrogen-bond donors (Lipinski definition) is 1. The van der Waals surface area contributed by atoms with E-state index in [9.17, 15) is 8.42 Å². The largest absolute Gasteiger partial charge is 0.317 e. The third-order valence-electron chi connectivity index (χ3n) is 4.94. The Balaban J connectivity index is 1.85. The van der Waals surface area contributed by atoms with Gasteiger partial charge >= 0.3 is 0 Å². The van der Waals surface area contributed by atoms with E-state index < -0.39 is 10.0 Å². The topological polar surface area (TPSA) is 49.4 Å². The van der Waals surface area contributed by atoms with E-state index in [4.69, 9.17) is 0 Å². The molecule has 4 nitrogen and oxygen atoms in total. The fraction of sp³-hybridized carbons (Fsp3) is 1.00. The van der Waals surface area contributed by atoms with Gasteiger partial charge in [-0.15, -0.1) is 0 Å². The Bertz CT molecular complexity index is 400. The molecule has 2 heterocycles. The van der Waals surface area contributed by atoms with E-state index in [0.717, 1.165) is 58.2 Å². The molecule has 2 saturated heterocycles. The zero-order valence-electron chi connectivity index (χ0n) is 13.0. The number of hydrogen-bond acceptors (Lipinski definition) is 3. The Labute approximate surface area is 124 Å². The lowest BCUT2D eigenvalue weighted by Gasteiger charge is -2.25. The fourth-order valence-corrected chi connectivity index (χ4v) is 4.96. The Hall–Kier alpha value is -0.130. The SMILES string of the molecule is CC1(C)CCCN(S(=O)(=O)CCC2CCNCC2)CC1. The van der Waals surface area contributed by atoms with Gasteiger partial charge in [0.25, 0.3) is 0 Å². The van der Waals surface area contributed by atoms with E-state index in [1.807, 2.05) is 0 Å². The predicted octanol–water partition coefficient (Wildman–Crippen LogP) is 2.22. The molecule has 20 heavy (non-hydrogen) atoms. The van der Waals surface area contributed by atoms with Crippen LogP contribution >= 0.6 is 0 Å². The van der Waals surface area contributed by atoms with Crippen LogP contribution in [0.1, 0.15) is 52.4 Å². The maximum absolute atomic E-state index is 12.5. The molecule has 0 bridgehead atoms. The standard InChI is InChI=1S/C15H30N2O2S/c1-15(2)7-3-11-17(12-8-15)20(18,19)13-6-14-4-9-16-10-5-14/h14,16H,3-13H2,1-2H3. The third kappa shape index (κ3) is 4.71. The summed E-state index contributed by atoms with van der Waals surface area (Å²) < 4.78 is 26.8. The highest BCUT2D eigenvalue weighted by Gasteiger charge is 2.29. The van der Waals surface area contributed by atoms with Crippen molar-refractivity contribution < 1.29 is 8.42 Å². The number of nitrogens with zero attached hydrogens (tertiary/aromatic N) is 1. The fourth-order valence-electron chi connectivity index (χ4n) is 3.29. The van der Waals surface area contributed by atoms with Gasteiger partial charge in [-0.3, -0.25) is 0 Å². The molecule has 0 amide bonds. The van der Waals surface area contributed by atoms with Gasteiger partial charge in [0, 0.05) is 13.1 Å². The minimum atomic E-state index is -3.04. The molecule has 5 heteroatoms. The van der Waals surface area contributed by atoms with Crippen LogP contribution in [-0.2, 0) is 10.0 Å². The Morgan fingerprint density at radius 2 is 1.85 bits per heavy atom. The summed E-state index contributed by atoms with van der Waals surface area (Å²) in [5.41, 5.74) is 0.291. The molecule has 0 spiro atoms. The van der Waals surface area contributed by atoms with Crippen molar-refractivity contribution in [3.8, 4) is 0 Å². The van der Waals surface area contributed by atoms with Crippen molar-refractivity contribution >= 4 is 10.0 Å². The van der Waals surface area contributed by atoms with Crippen LogP contribution < -0.4 is 5.32 Å². The molecule has 2 rings (SSSR count). The summed E-state index contributed by atoms with van der Waals surface area (Å²) in [5, 5.41) is 3.33. The lowest BCUT2D eigenvalue weighted by Crippen LogP contribution is -2.36. The van der Waals surface area contributed by atoms with Gasteiger partial charge < -0.3 is 5.32 Å². The Morgan fingerprint density at radius 3 is 2.55 bits per heavy atom. The molecule has 2 fully saturated rings. The number of nitrogens with one attached hydrogen (secondary N) is 1. The van der Waals surface area contributed by atoms with Crippen LogP contribution in [-0.4, -0.2) is 44.7 Å². The molecule has 0 aromatic carbocycles. The van der Waals surface area contributed by atoms with Crippen LogP contribution in [0.4, 0.5) is 0 Å². The number of sulfonamides is 1. The lowest BCUT2D eigenvalue weighted by atomic mass is 9.85. The second-order valence-electron chi connectivity index (χ2n) is 7.21. The van der Waals surface area contributed by atoms with Crippen molar-refractivity contribution in [3.05, 3.63) is 0 Å². The smallest absolute Gasteiger partial charge is 0.214 e. The molecule has 0 aromatic rings. The highest BCUT2D eigenvalue weighted by molar-refractivity contribution is 7.89. The maximum atomic E-state index is 12.5. The summed E-state index contributed by atoms with van der Waals surface area (Å²) >= 11 is 0. The van der Waals surface area contributed by atoms with Gasteiger partial charge in [-0.2, -0.15) is 0 Å². The molecular weight excluding hydrogens is 272 g/mol. The molecule has 0 radical (unpaired) electrons. The van der Waals surface area contributed by atoms with E-state index in [-0.39, 0.29) is 0 Å². The van der Waals surface area contributed by atoms with E-state index in [0.29, 0.717) is 23.6 Å². The summed E-state index contributed by atoms with van der Waals surface area (Å²) in [5.74, 6) is 0.937. The maximum Gasteiger partial charge on any atom is 0.214 e. The monoisotopic (exact) mass is 302 g/mol. The van der Waals surface area contributed by atoms with Crippen molar-refractivity contribution in [1.29, 1.82) is 0 Å². The highest BCUT2D eigenvalue weighted by Crippen LogP contribution is 2.31.